The van der Waals surface area contributed by atoms with Crippen molar-refractivity contribution in [3.63, 3.8) is 0 Å². The van der Waals surface area contributed by atoms with Crippen LogP contribution in [0.1, 0.15) is 5.56 Å². The molecule has 25 heavy (non-hydrogen) atoms. The normalized spacial score (nSPS) is 14.8. The summed E-state index contributed by atoms with van der Waals surface area (Å²) in [6, 6.07) is 7.47. The van der Waals surface area contributed by atoms with Gasteiger partial charge >= 0.3 is 12.2 Å². The number of aromatic nitrogens is 1. The van der Waals surface area contributed by atoms with Gasteiger partial charge in [-0.15, -0.1) is 0 Å². The molecule has 132 valence electrons. The monoisotopic (exact) mass is 415 g/mol. The first-order valence-electron chi connectivity index (χ1n) is 7.33. The Bertz CT molecular complexity index is 762. The molecule has 0 atom stereocenters. The molecule has 0 unspecified atom stereocenters. The van der Waals surface area contributed by atoms with E-state index in [1.54, 1.807) is 18.3 Å². The summed E-state index contributed by atoms with van der Waals surface area (Å²) in [4.78, 5) is 17.6. The van der Waals surface area contributed by atoms with Crippen molar-refractivity contribution in [1.82, 2.24) is 9.88 Å². The average molecular weight is 416 g/mol. The third-order valence-electron chi connectivity index (χ3n) is 3.60. The Hall–Kier alpha value is -2.29. The van der Waals surface area contributed by atoms with Crippen LogP contribution in [0, 0.1) is 0 Å². The lowest BCUT2D eigenvalue weighted by molar-refractivity contribution is -0.137. The summed E-state index contributed by atoms with van der Waals surface area (Å²) in [7, 11) is 0. The molecule has 1 fully saturated rings. The predicted octanol–water partition coefficient (Wildman–Crippen LogP) is 4.16. The van der Waals surface area contributed by atoms with Crippen molar-refractivity contribution in [2.75, 3.05) is 18.4 Å². The quantitative estimate of drug-likeness (QED) is 0.818. The number of halogens is 4. The Morgan fingerprint density at radius 3 is 2.52 bits per heavy atom. The second-order valence-corrected chi connectivity index (χ2v) is 6.29. The van der Waals surface area contributed by atoms with E-state index in [0.717, 1.165) is 16.6 Å². The summed E-state index contributed by atoms with van der Waals surface area (Å²) in [5.41, 5.74) is -0.460. The number of urea groups is 1. The van der Waals surface area contributed by atoms with E-state index in [1.807, 2.05) is 0 Å². The first kappa shape index (κ1) is 17.5. The average Bonchev–Trinajstić information content (AvgIpc) is 2.51. The maximum absolute atomic E-state index is 12.5. The minimum atomic E-state index is -4.40. The van der Waals surface area contributed by atoms with Gasteiger partial charge in [0.05, 0.1) is 23.1 Å². The lowest BCUT2D eigenvalue weighted by Crippen LogP contribution is -2.57. The van der Waals surface area contributed by atoms with Crippen molar-refractivity contribution in [3.05, 3.63) is 52.6 Å². The number of rotatable bonds is 3. The van der Waals surface area contributed by atoms with Crippen molar-refractivity contribution >= 4 is 27.6 Å². The van der Waals surface area contributed by atoms with E-state index < -0.39 is 11.7 Å². The molecule has 0 radical (unpaired) electrons. The molecule has 2 aromatic rings. The number of likely N-dealkylation sites (tertiary alicyclic amines) is 1. The largest absolute Gasteiger partial charge is 0.470 e. The molecule has 0 saturated carbocycles. The van der Waals surface area contributed by atoms with Crippen LogP contribution in [-0.2, 0) is 6.18 Å². The molecule has 0 aliphatic carbocycles. The number of pyridine rings is 1. The Labute approximate surface area is 149 Å². The van der Waals surface area contributed by atoms with Gasteiger partial charge in [0.1, 0.15) is 6.10 Å². The fourth-order valence-electron chi connectivity index (χ4n) is 2.24. The number of ether oxygens (including phenoxy) is 1. The maximum atomic E-state index is 12.5. The van der Waals surface area contributed by atoms with Gasteiger partial charge in [0.2, 0.25) is 5.88 Å². The zero-order chi connectivity index (χ0) is 18.0. The van der Waals surface area contributed by atoms with Gasteiger partial charge in [-0.05, 0) is 52.3 Å². The second-order valence-electron chi connectivity index (χ2n) is 5.44. The number of nitrogens with zero attached hydrogens (tertiary/aromatic N) is 2. The number of anilines is 1. The van der Waals surface area contributed by atoms with Gasteiger partial charge in [-0.2, -0.15) is 13.2 Å². The molecule has 2 heterocycles. The Morgan fingerprint density at radius 1 is 1.24 bits per heavy atom. The molecule has 1 saturated heterocycles. The van der Waals surface area contributed by atoms with E-state index >= 15 is 0 Å². The van der Waals surface area contributed by atoms with Gasteiger partial charge in [0.15, 0.2) is 0 Å². The summed E-state index contributed by atoms with van der Waals surface area (Å²) in [5.74, 6) is 0.454. The van der Waals surface area contributed by atoms with Crippen molar-refractivity contribution in [1.29, 1.82) is 0 Å². The first-order chi connectivity index (χ1) is 11.8. The number of hydrogen-bond donors (Lipinski definition) is 1. The third-order valence-corrected chi connectivity index (χ3v) is 4.21. The highest BCUT2D eigenvalue weighted by atomic mass is 79.9. The molecule has 1 aromatic heterocycles. The summed E-state index contributed by atoms with van der Waals surface area (Å²) >= 11 is 3.33. The highest BCUT2D eigenvalue weighted by molar-refractivity contribution is 9.10. The fourth-order valence-corrected chi connectivity index (χ4v) is 2.59. The van der Waals surface area contributed by atoms with Crippen LogP contribution in [0.4, 0.5) is 23.7 Å². The van der Waals surface area contributed by atoms with E-state index in [1.165, 1.54) is 17.0 Å². The minimum Gasteiger partial charge on any atom is -0.470 e. The SMILES string of the molecule is O=C(Nc1ccc(C(F)(F)F)cc1)N1CC(Oc2ncccc2Br)C1. The Morgan fingerprint density at radius 2 is 1.92 bits per heavy atom. The van der Waals surface area contributed by atoms with E-state index in [2.05, 4.69) is 26.2 Å². The zero-order valence-electron chi connectivity index (χ0n) is 12.8. The van der Waals surface area contributed by atoms with Crippen molar-refractivity contribution in [2.24, 2.45) is 0 Å². The lowest BCUT2D eigenvalue weighted by Gasteiger charge is -2.38. The minimum absolute atomic E-state index is 0.176. The van der Waals surface area contributed by atoms with Crippen LogP contribution >= 0.6 is 15.9 Å². The topological polar surface area (TPSA) is 54.5 Å². The molecule has 9 heteroatoms. The standard InChI is InChI=1S/C16H13BrF3N3O2/c17-13-2-1-7-21-14(13)25-12-8-23(9-12)15(24)22-11-5-3-10(4-6-11)16(18,19)20/h1-7,12H,8-9H2,(H,22,24). The van der Waals surface area contributed by atoms with Crippen LogP contribution in [0.15, 0.2) is 47.1 Å². The maximum Gasteiger partial charge on any atom is 0.416 e. The number of benzene rings is 1. The number of nitrogens with one attached hydrogen (secondary N) is 1. The molecule has 1 N–H and O–H groups in total. The number of hydrogen-bond acceptors (Lipinski definition) is 3. The molecule has 2 amide bonds. The molecule has 0 spiro atoms. The fraction of sp³-hybridized carbons (Fsp3) is 0.250. The van der Waals surface area contributed by atoms with Crippen LogP contribution in [0.3, 0.4) is 0 Å². The molecule has 0 bridgehead atoms. The van der Waals surface area contributed by atoms with E-state index in [9.17, 15) is 18.0 Å². The number of carbonyl (C=O) groups excluding carboxylic acids is 1. The second kappa shape index (κ2) is 6.91. The first-order valence-corrected chi connectivity index (χ1v) is 8.12. The summed E-state index contributed by atoms with van der Waals surface area (Å²) in [6.45, 7) is 0.741. The summed E-state index contributed by atoms with van der Waals surface area (Å²) in [5, 5.41) is 2.56. The van der Waals surface area contributed by atoms with Gasteiger partial charge in [-0.25, -0.2) is 9.78 Å². The molecular weight excluding hydrogens is 403 g/mol. The molecule has 1 aliphatic rings. The van der Waals surface area contributed by atoms with Crippen molar-refractivity contribution < 1.29 is 22.7 Å². The van der Waals surface area contributed by atoms with E-state index in [-0.39, 0.29) is 12.1 Å². The van der Waals surface area contributed by atoms with E-state index in [4.69, 9.17) is 4.74 Å². The predicted molar refractivity (Wildman–Crippen MR) is 88.4 cm³/mol. The molecule has 5 nitrogen and oxygen atoms in total. The lowest BCUT2D eigenvalue weighted by atomic mass is 10.2. The van der Waals surface area contributed by atoms with E-state index in [0.29, 0.717) is 24.7 Å². The van der Waals surface area contributed by atoms with Gasteiger partial charge < -0.3 is 15.0 Å². The zero-order valence-corrected chi connectivity index (χ0v) is 14.3. The number of amides is 2. The van der Waals surface area contributed by atoms with Crippen molar-refractivity contribution in [2.45, 2.75) is 12.3 Å². The summed E-state index contributed by atoms with van der Waals surface area (Å²) < 4.78 is 43.9. The van der Waals surface area contributed by atoms with Gasteiger partial charge in [0, 0.05) is 11.9 Å². The van der Waals surface area contributed by atoms with Gasteiger partial charge in [-0.1, -0.05) is 0 Å². The van der Waals surface area contributed by atoms with Crippen molar-refractivity contribution in [3.8, 4) is 5.88 Å². The number of carbonyl (C=O) groups is 1. The van der Waals surface area contributed by atoms with Gasteiger partial charge in [0.25, 0.3) is 0 Å². The Balaban J connectivity index is 1.50. The highest BCUT2D eigenvalue weighted by Gasteiger charge is 2.33. The smallest absolute Gasteiger partial charge is 0.416 e. The number of alkyl halides is 3. The molecule has 3 rings (SSSR count). The van der Waals surface area contributed by atoms with Crippen LogP contribution in [0.5, 0.6) is 5.88 Å². The molecular formula is C16H13BrF3N3O2. The molecule has 1 aliphatic heterocycles. The highest BCUT2D eigenvalue weighted by Crippen LogP contribution is 2.30. The van der Waals surface area contributed by atoms with Gasteiger partial charge in [-0.3, -0.25) is 0 Å². The van der Waals surface area contributed by atoms with Crippen LogP contribution < -0.4 is 10.1 Å². The summed E-state index contributed by atoms with van der Waals surface area (Å²) in [6.07, 6.45) is -2.97. The third kappa shape index (κ3) is 4.22. The van der Waals surface area contributed by atoms with Crippen LogP contribution in [0.25, 0.3) is 0 Å². The van der Waals surface area contributed by atoms with Crippen LogP contribution in [0.2, 0.25) is 0 Å². The Kier molecular flexibility index (Phi) is 4.85. The van der Waals surface area contributed by atoms with Crippen LogP contribution in [-0.4, -0.2) is 35.1 Å². The molecule has 1 aromatic carbocycles.